The molecule has 0 atom stereocenters. The van der Waals surface area contributed by atoms with Gasteiger partial charge >= 0.3 is 0 Å². The van der Waals surface area contributed by atoms with Gasteiger partial charge in [-0.2, -0.15) is 0 Å². The van der Waals surface area contributed by atoms with Crippen molar-refractivity contribution < 1.29 is 9.47 Å². The van der Waals surface area contributed by atoms with Gasteiger partial charge in [-0.05, 0) is 47.5 Å². The van der Waals surface area contributed by atoms with Crippen LogP contribution < -0.4 is 15.2 Å². The molecule has 0 heterocycles. The summed E-state index contributed by atoms with van der Waals surface area (Å²) in [5.74, 6) is 1.49. The minimum Gasteiger partial charge on any atom is -0.490 e. The van der Waals surface area contributed by atoms with E-state index in [4.69, 9.17) is 15.2 Å². The van der Waals surface area contributed by atoms with Crippen LogP contribution in [0.15, 0.2) is 16.6 Å². The quantitative estimate of drug-likeness (QED) is 0.909. The minimum absolute atomic E-state index is 0. The van der Waals surface area contributed by atoms with Gasteiger partial charge in [0.2, 0.25) is 0 Å². The lowest BCUT2D eigenvalue weighted by atomic mass is 10.2. The predicted octanol–water partition coefficient (Wildman–Crippen LogP) is 3.13. The van der Waals surface area contributed by atoms with E-state index in [1.54, 1.807) is 0 Å². The van der Waals surface area contributed by atoms with Crippen molar-refractivity contribution in [3.05, 3.63) is 22.2 Å². The Morgan fingerprint density at radius 3 is 2.31 bits per heavy atom. The molecule has 5 heteroatoms. The molecule has 3 nitrogen and oxygen atoms in total. The summed E-state index contributed by atoms with van der Waals surface area (Å²) in [6.45, 7) is 5.60. The van der Waals surface area contributed by atoms with E-state index >= 15 is 0 Å². The third kappa shape index (κ3) is 3.85. The van der Waals surface area contributed by atoms with Crippen molar-refractivity contribution in [1.82, 2.24) is 0 Å². The van der Waals surface area contributed by atoms with E-state index in [0.717, 1.165) is 21.5 Å². The molecule has 0 radical (unpaired) electrons. The smallest absolute Gasteiger partial charge is 0.175 e. The zero-order chi connectivity index (χ0) is 11.3. The normalized spacial score (nSPS) is 9.50. The first-order valence-corrected chi connectivity index (χ1v) is 5.80. The first-order valence-electron chi connectivity index (χ1n) is 5.01. The van der Waals surface area contributed by atoms with Crippen molar-refractivity contribution in [3.63, 3.8) is 0 Å². The van der Waals surface area contributed by atoms with E-state index in [2.05, 4.69) is 15.9 Å². The van der Waals surface area contributed by atoms with Crippen LogP contribution in [0.3, 0.4) is 0 Å². The van der Waals surface area contributed by atoms with Crippen LogP contribution in [0.5, 0.6) is 11.5 Å². The zero-order valence-corrected chi connectivity index (χ0v) is 11.9. The van der Waals surface area contributed by atoms with E-state index in [9.17, 15) is 0 Å². The lowest BCUT2D eigenvalue weighted by Crippen LogP contribution is -2.02. The van der Waals surface area contributed by atoms with Crippen molar-refractivity contribution in [2.75, 3.05) is 13.2 Å². The lowest BCUT2D eigenvalue weighted by molar-refractivity contribution is 0.286. The Kier molecular flexibility index (Phi) is 7.55. The summed E-state index contributed by atoms with van der Waals surface area (Å²) in [6.07, 6.45) is 0. The molecule has 0 unspecified atom stereocenters. The van der Waals surface area contributed by atoms with Crippen LogP contribution in [-0.2, 0) is 6.54 Å². The van der Waals surface area contributed by atoms with Crippen LogP contribution in [0.4, 0.5) is 0 Å². The molecule has 1 aromatic carbocycles. The van der Waals surface area contributed by atoms with Crippen LogP contribution in [0.1, 0.15) is 19.4 Å². The van der Waals surface area contributed by atoms with Crippen molar-refractivity contribution >= 4 is 28.3 Å². The molecule has 1 aromatic rings. The van der Waals surface area contributed by atoms with Crippen LogP contribution in [0, 0.1) is 0 Å². The number of benzene rings is 1. The second-order valence-electron chi connectivity index (χ2n) is 2.98. The van der Waals surface area contributed by atoms with Crippen molar-refractivity contribution in [1.29, 1.82) is 0 Å². The molecule has 0 spiro atoms. The maximum atomic E-state index is 5.59. The highest BCUT2D eigenvalue weighted by Gasteiger charge is 2.10. The summed E-state index contributed by atoms with van der Waals surface area (Å²) in [4.78, 5) is 0. The van der Waals surface area contributed by atoms with Crippen LogP contribution in [0.2, 0.25) is 0 Å². The summed E-state index contributed by atoms with van der Waals surface area (Å²) in [5.41, 5.74) is 6.61. The van der Waals surface area contributed by atoms with Crippen molar-refractivity contribution in [2.45, 2.75) is 20.4 Å². The molecule has 0 bridgehead atoms. The first kappa shape index (κ1) is 15.5. The fourth-order valence-corrected chi connectivity index (χ4v) is 1.89. The fourth-order valence-electron chi connectivity index (χ4n) is 1.29. The van der Waals surface area contributed by atoms with E-state index in [1.807, 2.05) is 26.0 Å². The van der Waals surface area contributed by atoms with Crippen LogP contribution in [-0.4, -0.2) is 13.2 Å². The second-order valence-corrected chi connectivity index (χ2v) is 3.83. The Morgan fingerprint density at radius 1 is 1.19 bits per heavy atom. The number of hydrogen-bond donors (Lipinski definition) is 1. The molecule has 0 aliphatic heterocycles. The molecular formula is C11H17BrClNO2. The Hall–Kier alpha value is -0.450. The molecule has 0 aliphatic rings. The summed E-state index contributed by atoms with van der Waals surface area (Å²) < 4.78 is 11.9. The highest BCUT2D eigenvalue weighted by Crippen LogP contribution is 2.36. The number of rotatable bonds is 5. The number of halogens is 2. The molecular weight excluding hydrogens is 293 g/mol. The summed E-state index contributed by atoms with van der Waals surface area (Å²) in [7, 11) is 0. The SMILES string of the molecule is CCOc1cc(CN)cc(Br)c1OCC.Cl. The number of hydrogen-bond acceptors (Lipinski definition) is 3. The molecule has 0 saturated heterocycles. The Morgan fingerprint density at radius 2 is 1.81 bits per heavy atom. The summed E-state index contributed by atoms with van der Waals surface area (Å²) in [5, 5.41) is 0. The van der Waals surface area contributed by atoms with Gasteiger partial charge in [0.1, 0.15) is 0 Å². The summed E-state index contributed by atoms with van der Waals surface area (Å²) in [6, 6.07) is 3.87. The number of ether oxygens (including phenoxy) is 2. The lowest BCUT2D eigenvalue weighted by Gasteiger charge is -2.13. The van der Waals surface area contributed by atoms with Gasteiger partial charge in [0.15, 0.2) is 11.5 Å². The Labute approximate surface area is 111 Å². The van der Waals surface area contributed by atoms with Gasteiger partial charge in [0.05, 0.1) is 17.7 Å². The predicted molar refractivity (Wildman–Crippen MR) is 71.6 cm³/mol. The first-order chi connectivity index (χ1) is 7.22. The average molecular weight is 311 g/mol. The van der Waals surface area contributed by atoms with Gasteiger partial charge in [-0.25, -0.2) is 0 Å². The molecule has 0 saturated carbocycles. The van der Waals surface area contributed by atoms with Gasteiger partial charge in [-0.3, -0.25) is 0 Å². The van der Waals surface area contributed by atoms with E-state index in [0.29, 0.717) is 19.8 Å². The monoisotopic (exact) mass is 309 g/mol. The third-order valence-electron chi connectivity index (χ3n) is 1.89. The summed E-state index contributed by atoms with van der Waals surface area (Å²) >= 11 is 3.45. The Bertz CT molecular complexity index is 334. The van der Waals surface area contributed by atoms with Crippen LogP contribution >= 0.6 is 28.3 Å². The van der Waals surface area contributed by atoms with Gasteiger partial charge in [-0.15, -0.1) is 12.4 Å². The van der Waals surface area contributed by atoms with Gasteiger partial charge < -0.3 is 15.2 Å². The standard InChI is InChI=1S/C11H16BrNO2.ClH/c1-3-14-10-6-8(7-13)5-9(12)11(10)15-4-2;/h5-6H,3-4,7,13H2,1-2H3;1H. The fraction of sp³-hybridized carbons (Fsp3) is 0.455. The van der Waals surface area contributed by atoms with E-state index < -0.39 is 0 Å². The topological polar surface area (TPSA) is 44.5 Å². The molecule has 1 rings (SSSR count). The number of nitrogens with two attached hydrogens (primary N) is 1. The maximum absolute atomic E-state index is 5.59. The average Bonchev–Trinajstić information content (AvgIpc) is 2.23. The van der Waals surface area contributed by atoms with E-state index in [1.165, 1.54) is 0 Å². The van der Waals surface area contributed by atoms with Crippen molar-refractivity contribution in [2.24, 2.45) is 5.73 Å². The highest BCUT2D eigenvalue weighted by molar-refractivity contribution is 9.10. The molecule has 2 N–H and O–H groups in total. The molecule has 0 aliphatic carbocycles. The minimum atomic E-state index is 0. The molecule has 16 heavy (non-hydrogen) atoms. The van der Waals surface area contributed by atoms with Gasteiger partial charge in [-0.1, -0.05) is 0 Å². The molecule has 92 valence electrons. The largest absolute Gasteiger partial charge is 0.490 e. The zero-order valence-electron chi connectivity index (χ0n) is 9.46. The van der Waals surface area contributed by atoms with E-state index in [-0.39, 0.29) is 12.4 Å². The molecule has 0 aromatic heterocycles. The Balaban J connectivity index is 0.00000225. The maximum Gasteiger partial charge on any atom is 0.175 e. The second kappa shape index (κ2) is 7.76. The van der Waals surface area contributed by atoms with Gasteiger partial charge in [0.25, 0.3) is 0 Å². The third-order valence-corrected chi connectivity index (χ3v) is 2.48. The molecule has 0 fully saturated rings. The van der Waals surface area contributed by atoms with Crippen molar-refractivity contribution in [3.8, 4) is 11.5 Å². The van der Waals surface area contributed by atoms with Crippen LogP contribution in [0.25, 0.3) is 0 Å². The van der Waals surface area contributed by atoms with Gasteiger partial charge in [0, 0.05) is 6.54 Å². The highest BCUT2D eigenvalue weighted by atomic mass is 79.9. The molecule has 0 amide bonds.